The van der Waals surface area contributed by atoms with Crippen LogP contribution in [0.1, 0.15) is 16.8 Å². The molecule has 1 aromatic carbocycles. The number of methoxy groups -OCH3 is 1. The van der Waals surface area contributed by atoms with Crippen LogP contribution in [-0.2, 0) is 20.0 Å². The minimum Gasteiger partial charge on any atom is -0.497 e. The van der Waals surface area contributed by atoms with Crippen LogP contribution < -0.4 is 15.4 Å². The van der Waals surface area contributed by atoms with Crippen LogP contribution in [0.15, 0.2) is 30.3 Å². The van der Waals surface area contributed by atoms with E-state index in [1.807, 2.05) is 36.9 Å². The highest BCUT2D eigenvalue weighted by molar-refractivity contribution is 5.71. The molecule has 7 nitrogen and oxygen atoms in total. The normalized spacial score (nSPS) is 13.1. The van der Waals surface area contributed by atoms with E-state index in [0.717, 1.165) is 53.7 Å². The van der Waals surface area contributed by atoms with Crippen molar-refractivity contribution in [2.75, 3.05) is 24.3 Å². The predicted molar refractivity (Wildman–Crippen MR) is 101 cm³/mol. The molecule has 3 aromatic rings. The molecule has 0 bridgehead atoms. The van der Waals surface area contributed by atoms with Gasteiger partial charge in [0.25, 0.3) is 0 Å². The maximum absolute atomic E-state index is 6.02. The molecule has 0 aliphatic carbocycles. The Bertz CT molecular complexity index is 947. The SMILES string of the molecule is COc1ccc(CN2CCc3c(-c4cc(C)nn4C)nc(N)nc32)cc1. The highest BCUT2D eigenvalue weighted by atomic mass is 16.5. The number of rotatable bonds is 4. The molecule has 0 fully saturated rings. The Morgan fingerprint density at radius 3 is 2.62 bits per heavy atom. The summed E-state index contributed by atoms with van der Waals surface area (Å²) in [5, 5.41) is 4.44. The van der Waals surface area contributed by atoms with Crippen molar-refractivity contribution in [3.63, 3.8) is 0 Å². The summed E-state index contributed by atoms with van der Waals surface area (Å²) in [5.41, 5.74) is 11.2. The van der Waals surface area contributed by atoms with E-state index >= 15 is 0 Å². The van der Waals surface area contributed by atoms with Gasteiger partial charge >= 0.3 is 0 Å². The molecule has 0 saturated carbocycles. The van der Waals surface area contributed by atoms with Gasteiger partial charge in [-0.15, -0.1) is 0 Å². The maximum atomic E-state index is 6.02. The van der Waals surface area contributed by atoms with Crippen molar-refractivity contribution in [2.24, 2.45) is 7.05 Å². The number of aryl methyl sites for hydroxylation is 2. The van der Waals surface area contributed by atoms with Crippen LogP contribution in [0.5, 0.6) is 5.75 Å². The predicted octanol–water partition coefficient (Wildman–Crippen LogP) is 2.34. The van der Waals surface area contributed by atoms with Gasteiger partial charge in [-0.05, 0) is 37.1 Å². The second kappa shape index (κ2) is 6.33. The molecule has 2 N–H and O–H groups in total. The monoisotopic (exact) mass is 350 g/mol. The third-order valence-corrected chi connectivity index (χ3v) is 4.71. The van der Waals surface area contributed by atoms with Gasteiger partial charge in [0.05, 0.1) is 24.2 Å². The molecular formula is C19H22N6O. The molecule has 3 heterocycles. The zero-order valence-corrected chi connectivity index (χ0v) is 15.2. The minimum atomic E-state index is 0.291. The van der Waals surface area contributed by atoms with Crippen LogP contribution in [0.2, 0.25) is 0 Å². The number of benzene rings is 1. The third kappa shape index (κ3) is 2.85. The van der Waals surface area contributed by atoms with Gasteiger partial charge in [-0.3, -0.25) is 4.68 Å². The van der Waals surface area contributed by atoms with Crippen molar-refractivity contribution >= 4 is 11.8 Å². The van der Waals surface area contributed by atoms with Gasteiger partial charge in [-0.2, -0.15) is 10.1 Å². The van der Waals surface area contributed by atoms with Crippen molar-refractivity contribution in [2.45, 2.75) is 19.9 Å². The molecule has 0 saturated heterocycles. The second-order valence-electron chi connectivity index (χ2n) is 6.55. The molecule has 2 aromatic heterocycles. The molecule has 1 aliphatic rings. The quantitative estimate of drug-likeness (QED) is 0.778. The summed E-state index contributed by atoms with van der Waals surface area (Å²) in [6, 6.07) is 10.1. The van der Waals surface area contributed by atoms with E-state index in [-0.39, 0.29) is 0 Å². The van der Waals surface area contributed by atoms with Crippen LogP contribution in [0, 0.1) is 6.92 Å². The molecule has 0 radical (unpaired) electrons. The molecule has 7 heteroatoms. The summed E-state index contributed by atoms with van der Waals surface area (Å²) >= 11 is 0. The number of nitrogen functional groups attached to an aromatic ring is 1. The molecule has 0 spiro atoms. The van der Waals surface area contributed by atoms with Crippen molar-refractivity contribution < 1.29 is 4.74 Å². The number of aromatic nitrogens is 4. The maximum Gasteiger partial charge on any atom is 0.222 e. The van der Waals surface area contributed by atoms with Gasteiger partial charge in [0, 0.05) is 25.7 Å². The Labute approximate surface area is 152 Å². The Hall–Kier alpha value is -3.09. The average molecular weight is 350 g/mol. The fraction of sp³-hybridized carbons (Fsp3) is 0.316. The number of fused-ring (bicyclic) bond motifs is 1. The summed E-state index contributed by atoms with van der Waals surface area (Å²) in [6.45, 7) is 3.64. The summed E-state index contributed by atoms with van der Waals surface area (Å²) in [6.07, 6.45) is 0.894. The number of anilines is 2. The van der Waals surface area contributed by atoms with Crippen LogP contribution in [-0.4, -0.2) is 33.4 Å². The summed E-state index contributed by atoms with van der Waals surface area (Å²) in [7, 11) is 3.60. The van der Waals surface area contributed by atoms with E-state index in [0.29, 0.717) is 5.95 Å². The third-order valence-electron chi connectivity index (χ3n) is 4.71. The van der Waals surface area contributed by atoms with Crippen LogP contribution in [0.4, 0.5) is 11.8 Å². The molecule has 0 unspecified atom stereocenters. The van der Waals surface area contributed by atoms with E-state index < -0.39 is 0 Å². The van der Waals surface area contributed by atoms with Gasteiger partial charge < -0.3 is 15.4 Å². The van der Waals surface area contributed by atoms with E-state index in [9.17, 15) is 0 Å². The lowest BCUT2D eigenvalue weighted by Crippen LogP contribution is -2.21. The fourth-order valence-corrected chi connectivity index (χ4v) is 3.48. The first kappa shape index (κ1) is 16.4. The second-order valence-corrected chi connectivity index (χ2v) is 6.55. The van der Waals surface area contributed by atoms with Gasteiger partial charge in [-0.25, -0.2) is 4.98 Å². The van der Waals surface area contributed by atoms with Crippen molar-refractivity contribution in [3.8, 4) is 17.1 Å². The Balaban J connectivity index is 1.69. The zero-order chi connectivity index (χ0) is 18.3. The first-order valence-corrected chi connectivity index (χ1v) is 8.60. The van der Waals surface area contributed by atoms with E-state index in [2.05, 4.69) is 32.1 Å². The van der Waals surface area contributed by atoms with Gasteiger partial charge in [-0.1, -0.05) is 12.1 Å². The average Bonchev–Trinajstić information content (AvgIpc) is 3.17. The largest absolute Gasteiger partial charge is 0.497 e. The molecule has 26 heavy (non-hydrogen) atoms. The lowest BCUT2D eigenvalue weighted by molar-refractivity contribution is 0.414. The van der Waals surface area contributed by atoms with E-state index in [1.165, 1.54) is 5.56 Å². The van der Waals surface area contributed by atoms with Crippen LogP contribution in [0.25, 0.3) is 11.4 Å². The number of nitrogens with two attached hydrogens (primary N) is 1. The van der Waals surface area contributed by atoms with E-state index in [1.54, 1.807) is 7.11 Å². The van der Waals surface area contributed by atoms with Gasteiger partial charge in [0.2, 0.25) is 5.95 Å². The smallest absolute Gasteiger partial charge is 0.222 e. The topological polar surface area (TPSA) is 82.1 Å². The minimum absolute atomic E-state index is 0.291. The van der Waals surface area contributed by atoms with Crippen molar-refractivity contribution in [1.29, 1.82) is 0 Å². The van der Waals surface area contributed by atoms with Crippen LogP contribution in [0.3, 0.4) is 0 Å². The first-order valence-electron chi connectivity index (χ1n) is 8.60. The summed E-state index contributed by atoms with van der Waals surface area (Å²) in [4.78, 5) is 11.3. The molecule has 0 amide bonds. The van der Waals surface area contributed by atoms with Gasteiger partial charge in [0.1, 0.15) is 11.6 Å². The van der Waals surface area contributed by atoms with E-state index in [4.69, 9.17) is 10.5 Å². The van der Waals surface area contributed by atoms with Crippen molar-refractivity contribution in [1.82, 2.24) is 19.7 Å². The summed E-state index contributed by atoms with van der Waals surface area (Å²) < 4.78 is 7.08. The Morgan fingerprint density at radius 2 is 1.96 bits per heavy atom. The summed E-state index contributed by atoms with van der Waals surface area (Å²) in [5.74, 6) is 2.07. The lowest BCUT2D eigenvalue weighted by Gasteiger charge is -2.19. The van der Waals surface area contributed by atoms with Gasteiger partial charge in [0.15, 0.2) is 0 Å². The van der Waals surface area contributed by atoms with Crippen molar-refractivity contribution in [3.05, 3.63) is 47.2 Å². The Kier molecular flexibility index (Phi) is 3.99. The molecule has 0 atom stereocenters. The highest BCUT2D eigenvalue weighted by Crippen LogP contribution is 2.35. The number of nitrogens with zero attached hydrogens (tertiary/aromatic N) is 5. The number of hydrogen-bond acceptors (Lipinski definition) is 6. The van der Waals surface area contributed by atoms with Crippen LogP contribution >= 0.6 is 0 Å². The molecule has 134 valence electrons. The molecule has 1 aliphatic heterocycles. The highest BCUT2D eigenvalue weighted by Gasteiger charge is 2.27. The Morgan fingerprint density at radius 1 is 1.19 bits per heavy atom. The number of hydrogen-bond donors (Lipinski definition) is 1. The molecular weight excluding hydrogens is 328 g/mol. The standard InChI is InChI=1S/C19H22N6O/c1-12-10-16(24(2)23-12)17-15-8-9-25(18(15)22-19(20)21-17)11-13-4-6-14(26-3)7-5-13/h4-7,10H,8-9,11H2,1-3H3,(H2,20,21,22). The first-order chi connectivity index (χ1) is 12.5. The zero-order valence-electron chi connectivity index (χ0n) is 15.2. The molecule has 4 rings (SSSR count). The fourth-order valence-electron chi connectivity index (χ4n) is 3.48. The lowest BCUT2D eigenvalue weighted by atomic mass is 10.1. The number of ether oxygens (including phenoxy) is 1.